The van der Waals surface area contributed by atoms with Gasteiger partial charge in [-0.15, -0.1) is 0 Å². The molecule has 0 aliphatic carbocycles. The van der Waals surface area contributed by atoms with Crippen LogP contribution in [0.5, 0.6) is 0 Å². The van der Waals surface area contributed by atoms with Crippen LogP contribution < -0.4 is 14.4 Å². The summed E-state index contributed by atoms with van der Waals surface area (Å²) in [6, 6.07) is 16.5. The molecule has 1 aliphatic heterocycles. The average molecular weight is 732 g/mol. The summed E-state index contributed by atoms with van der Waals surface area (Å²) in [4.78, 5) is 25.6. The standard InChI is InChI=1S/C37H47N8S4/c1-46-24-10-20-42-32(43(21-11-25-47-2)35-34(42)38-28-14-5-6-15-29(28)39-35)18-9-19-33-44(22-12-26-48-3)36-37(45(33)23-13-27-49-4)41-31-17-8-7-16-30(31)40-36/h5-9,14-19H,10-13,20-27H2,1-4H3/q+1. The molecule has 2 aromatic carbocycles. The molecule has 0 spiro atoms. The van der Waals surface area contributed by atoms with E-state index >= 15 is 0 Å². The zero-order valence-corrected chi connectivity index (χ0v) is 32.3. The quantitative estimate of drug-likeness (QED) is 0.0655. The Morgan fingerprint density at radius 1 is 0.612 bits per heavy atom. The van der Waals surface area contributed by atoms with Crippen molar-refractivity contribution in [2.75, 3.05) is 70.9 Å². The predicted octanol–water partition coefficient (Wildman–Crippen LogP) is 8.01. The normalized spacial score (nSPS) is 13.2. The van der Waals surface area contributed by atoms with Crippen molar-refractivity contribution in [3.63, 3.8) is 0 Å². The van der Waals surface area contributed by atoms with Gasteiger partial charge in [0.2, 0.25) is 5.82 Å². The van der Waals surface area contributed by atoms with E-state index in [1.54, 1.807) is 0 Å². The number of nitrogens with zero attached hydrogens (tertiary/aromatic N) is 8. The Morgan fingerprint density at radius 2 is 1.10 bits per heavy atom. The van der Waals surface area contributed by atoms with Gasteiger partial charge in [0.15, 0.2) is 17.2 Å². The van der Waals surface area contributed by atoms with Gasteiger partial charge < -0.3 is 9.80 Å². The van der Waals surface area contributed by atoms with Crippen molar-refractivity contribution in [1.29, 1.82) is 0 Å². The monoisotopic (exact) mass is 731 g/mol. The van der Waals surface area contributed by atoms with E-state index in [2.05, 4.69) is 86.5 Å². The minimum absolute atomic E-state index is 0.892. The molecular formula is C37H47N8S4+. The Morgan fingerprint density at radius 3 is 1.65 bits per heavy atom. The Balaban J connectivity index is 1.47. The second-order valence-corrected chi connectivity index (χ2v) is 15.9. The molecule has 0 amide bonds. The molecule has 0 bridgehead atoms. The van der Waals surface area contributed by atoms with E-state index in [0.717, 1.165) is 132 Å². The summed E-state index contributed by atoms with van der Waals surface area (Å²) in [6.45, 7) is 3.57. The van der Waals surface area contributed by atoms with Crippen LogP contribution in [0, 0.1) is 0 Å². The zero-order chi connectivity index (χ0) is 34.0. The highest BCUT2D eigenvalue weighted by Crippen LogP contribution is 2.40. The number of fused-ring (bicyclic) bond motifs is 4. The van der Waals surface area contributed by atoms with Crippen LogP contribution in [0.4, 0.5) is 11.6 Å². The van der Waals surface area contributed by atoms with Crippen LogP contribution in [0.2, 0.25) is 0 Å². The van der Waals surface area contributed by atoms with Gasteiger partial charge in [0.05, 0.1) is 24.1 Å². The van der Waals surface area contributed by atoms with Crippen LogP contribution in [0.3, 0.4) is 0 Å². The first-order valence-electron chi connectivity index (χ1n) is 17.0. The molecule has 0 saturated heterocycles. The average Bonchev–Trinajstić information content (AvgIpc) is 3.56. The first kappa shape index (κ1) is 35.9. The lowest BCUT2D eigenvalue weighted by Gasteiger charge is -2.24. The van der Waals surface area contributed by atoms with Gasteiger partial charge in [-0.3, -0.25) is 0 Å². The lowest BCUT2D eigenvalue weighted by Crippen LogP contribution is -2.37. The highest BCUT2D eigenvalue weighted by atomic mass is 32.2. The second kappa shape index (κ2) is 17.8. The third kappa shape index (κ3) is 8.18. The van der Waals surface area contributed by atoms with E-state index in [1.807, 2.05) is 71.3 Å². The lowest BCUT2D eigenvalue weighted by molar-refractivity contribution is -0.675. The van der Waals surface area contributed by atoms with Gasteiger partial charge >= 0.3 is 5.65 Å². The molecule has 0 atom stereocenters. The van der Waals surface area contributed by atoms with E-state index in [1.165, 1.54) is 0 Å². The van der Waals surface area contributed by atoms with Crippen LogP contribution in [0.15, 0.2) is 66.5 Å². The van der Waals surface area contributed by atoms with Crippen molar-refractivity contribution >= 4 is 98.1 Å². The highest BCUT2D eigenvalue weighted by Gasteiger charge is 2.34. The Kier molecular flexibility index (Phi) is 13.1. The van der Waals surface area contributed by atoms with Crippen LogP contribution in [-0.2, 0) is 13.1 Å². The maximum Gasteiger partial charge on any atom is 0.323 e. The second-order valence-electron chi connectivity index (χ2n) is 12.0. The number of anilines is 2. The van der Waals surface area contributed by atoms with Crippen molar-refractivity contribution in [2.24, 2.45) is 0 Å². The maximum absolute atomic E-state index is 5.19. The number of hydrogen-bond donors (Lipinski definition) is 0. The summed E-state index contributed by atoms with van der Waals surface area (Å²) in [5, 5.41) is 0. The van der Waals surface area contributed by atoms with Gasteiger partial charge in [-0.1, -0.05) is 35.3 Å². The number of imidazole rings is 1. The molecule has 1 aliphatic rings. The van der Waals surface area contributed by atoms with Crippen LogP contribution >= 0.6 is 47.0 Å². The molecule has 4 heterocycles. The van der Waals surface area contributed by atoms with Crippen molar-refractivity contribution in [1.82, 2.24) is 24.5 Å². The molecule has 0 fully saturated rings. The molecule has 5 aromatic rings. The largest absolute Gasteiger partial charge is 0.323 e. The van der Waals surface area contributed by atoms with Crippen LogP contribution in [0.1, 0.15) is 31.5 Å². The molecule has 49 heavy (non-hydrogen) atoms. The number of aryl methyl sites for hydroxylation is 2. The number of rotatable bonds is 18. The Hall–Kier alpha value is -2.93. The van der Waals surface area contributed by atoms with Gasteiger partial charge in [0.1, 0.15) is 11.3 Å². The molecule has 3 aromatic heterocycles. The van der Waals surface area contributed by atoms with Gasteiger partial charge in [-0.2, -0.15) is 47.0 Å². The third-order valence-corrected chi connectivity index (χ3v) is 11.4. The van der Waals surface area contributed by atoms with Gasteiger partial charge in [0.25, 0.3) is 5.65 Å². The summed E-state index contributed by atoms with van der Waals surface area (Å²) in [6.07, 6.45) is 19.8. The summed E-state index contributed by atoms with van der Waals surface area (Å²) >= 11 is 7.57. The number of aromatic nitrogens is 6. The number of benzene rings is 2. The smallest absolute Gasteiger partial charge is 0.309 e. The minimum Gasteiger partial charge on any atom is -0.309 e. The number of thioether (sulfide) groups is 4. The Bertz CT molecular complexity index is 1800. The van der Waals surface area contributed by atoms with Crippen LogP contribution in [-0.4, -0.2) is 85.6 Å². The van der Waals surface area contributed by atoms with Crippen molar-refractivity contribution < 1.29 is 4.57 Å². The molecular weight excluding hydrogens is 685 g/mol. The number of para-hydroxylation sites is 4. The maximum atomic E-state index is 5.19. The summed E-state index contributed by atoms with van der Waals surface area (Å²) in [5.41, 5.74) is 5.66. The summed E-state index contributed by atoms with van der Waals surface area (Å²) in [5.74, 6) is 8.61. The molecule has 12 heteroatoms. The van der Waals surface area contributed by atoms with E-state index < -0.39 is 0 Å². The van der Waals surface area contributed by atoms with E-state index in [0.29, 0.717) is 0 Å². The van der Waals surface area contributed by atoms with Crippen LogP contribution in [0.25, 0.3) is 39.4 Å². The minimum atomic E-state index is 0.892. The van der Waals surface area contributed by atoms with Gasteiger partial charge in [-0.25, -0.2) is 24.1 Å². The molecule has 258 valence electrons. The molecule has 6 rings (SSSR count). The fourth-order valence-corrected chi connectivity index (χ4v) is 8.01. The molecule has 0 unspecified atom stereocenters. The topological polar surface area (TPSA) is 66.9 Å². The van der Waals surface area contributed by atoms with E-state index in [9.17, 15) is 0 Å². The van der Waals surface area contributed by atoms with Gasteiger partial charge in [0, 0.05) is 19.2 Å². The molecule has 8 nitrogen and oxygen atoms in total. The SMILES string of the molecule is CSCCCN1C(=C/C=C/c2n(CCCSC)c3nc4ccccc4nc3[n+]2CCCSC)N(CCCSC)c2nc3ccccc3nc21. The molecule has 0 N–H and O–H groups in total. The van der Waals surface area contributed by atoms with E-state index in [4.69, 9.17) is 19.9 Å². The van der Waals surface area contributed by atoms with Gasteiger partial charge in [-0.05, 0) is 104 Å². The Labute approximate surface area is 307 Å². The fourth-order valence-electron chi connectivity index (χ4n) is 6.34. The number of hydrogen-bond acceptors (Lipinski definition) is 10. The summed E-state index contributed by atoms with van der Waals surface area (Å²) in [7, 11) is 0. The predicted molar refractivity (Wildman–Crippen MR) is 219 cm³/mol. The lowest BCUT2D eigenvalue weighted by atomic mass is 10.3. The third-order valence-electron chi connectivity index (χ3n) is 8.61. The molecule has 0 radical (unpaired) electrons. The first-order chi connectivity index (χ1) is 24.2. The van der Waals surface area contributed by atoms with E-state index in [-0.39, 0.29) is 0 Å². The summed E-state index contributed by atoms with van der Waals surface area (Å²) < 4.78 is 4.79. The molecule has 0 saturated carbocycles. The highest BCUT2D eigenvalue weighted by molar-refractivity contribution is 7.99. The number of allylic oxidation sites excluding steroid dienone is 2. The van der Waals surface area contributed by atoms with Crippen molar-refractivity contribution in [2.45, 2.75) is 38.8 Å². The fraction of sp³-hybridized carbons (Fsp3) is 0.432. The van der Waals surface area contributed by atoms with Crippen molar-refractivity contribution in [3.8, 4) is 0 Å². The zero-order valence-electron chi connectivity index (χ0n) is 29.0. The first-order valence-corrected chi connectivity index (χ1v) is 22.6. The van der Waals surface area contributed by atoms with Crippen molar-refractivity contribution in [3.05, 3.63) is 72.3 Å².